The molecule has 0 bridgehead atoms. The summed E-state index contributed by atoms with van der Waals surface area (Å²) < 4.78 is 4.72. The molecule has 0 spiro atoms. The fraction of sp³-hybridized carbons (Fsp3) is 0.435. The molecule has 0 atom stereocenters. The van der Waals surface area contributed by atoms with E-state index in [1.54, 1.807) is 11.8 Å². The summed E-state index contributed by atoms with van der Waals surface area (Å²) in [5.41, 5.74) is 4.44. The highest BCUT2D eigenvalue weighted by molar-refractivity contribution is 7.99. The average molecular weight is 369 g/mol. The van der Waals surface area contributed by atoms with E-state index in [0.717, 1.165) is 5.56 Å². The van der Waals surface area contributed by atoms with Crippen molar-refractivity contribution in [1.82, 2.24) is 0 Å². The van der Waals surface area contributed by atoms with Crippen LogP contribution in [-0.4, -0.2) is 13.1 Å². The van der Waals surface area contributed by atoms with Crippen LogP contribution in [0, 0.1) is 0 Å². The molecular weight excluding hydrogens is 340 g/mol. The maximum Gasteiger partial charge on any atom is 0.309 e. The fourth-order valence-corrected chi connectivity index (χ4v) is 4.54. The number of hydrogen-bond donors (Lipinski definition) is 0. The maximum atomic E-state index is 11.4. The van der Waals surface area contributed by atoms with E-state index < -0.39 is 0 Å². The van der Waals surface area contributed by atoms with Crippen LogP contribution in [0.25, 0.3) is 0 Å². The van der Waals surface area contributed by atoms with Crippen LogP contribution < -0.4 is 0 Å². The largest absolute Gasteiger partial charge is 0.469 e. The lowest BCUT2D eigenvalue weighted by Crippen LogP contribution is -2.33. The number of methoxy groups -OCH3 is 1. The first-order valence-corrected chi connectivity index (χ1v) is 10.0. The van der Waals surface area contributed by atoms with Crippen molar-refractivity contribution in [2.24, 2.45) is 0 Å². The number of fused-ring (bicyclic) bond motifs is 1. The van der Waals surface area contributed by atoms with E-state index in [1.807, 2.05) is 12.1 Å². The van der Waals surface area contributed by atoms with E-state index in [1.165, 1.54) is 40.9 Å². The predicted octanol–water partition coefficient (Wildman–Crippen LogP) is 5.90. The lowest BCUT2D eigenvalue weighted by atomic mass is 9.63. The molecule has 3 heteroatoms. The lowest BCUT2D eigenvalue weighted by molar-refractivity contribution is -0.139. The first kappa shape index (κ1) is 19.0. The Balaban J connectivity index is 1.82. The van der Waals surface area contributed by atoms with Gasteiger partial charge < -0.3 is 4.74 Å². The van der Waals surface area contributed by atoms with Crippen LogP contribution in [0.4, 0.5) is 0 Å². The second-order valence-electron chi connectivity index (χ2n) is 8.47. The van der Waals surface area contributed by atoms with Crippen LogP contribution in [0.1, 0.15) is 57.2 Å². The van der Waals surface area contributed by atoms with Gasteiger partial charge >= 0.3 is 5.97 Å². The Bertz CT molecular complexity index is 803. The van der Waals surface area contributed by atoms with E-state index >= 15 is 0 Å². The van der Waals surface area contributed by atoms with E-state index in [9.17, 15) is 4.79 Å². The van der Waals surface area contributed by atoms with E-state index in [-0.39, 0.29) is 16.8 Å². The van der Waals surface area contributed by atoms with Gasteiger partial charge in [-0.05, 0) is 64.6 Å². The molecule has 1 aliphatic carbocycles. The van der Waals surface area contributed by atoms with Crippen LogP contribution in [0.15, 0.2) is 52.3 Å². The van der Waals surface area contributed by atoms with Crippen molar-refractivity contribution in [2.45, 2.75) is 67.6 Å². The molecular formula is C23H28O2S. The Kier molecular flexibility index (Phi) is 5.21. The summed E-state index contributed by atoms with van der Waals surface area (Å²) in [5, 5.41) is 0. The third kappa shape index (κ3) is 3.98. The molecule has 2 nitrogen and oxygen atoms in total. The normalized spacial score (nSPS) is 17.4. The molecule has 0 aromatic heterocycles. The van der Waals surface area contributed by atoms with Gasteiger partial charge in [0.2, 0.25) is 0 Å². The van der Waals surface area contributed by atoms with Crippen molar-refractivity contribution < 1.29 is 9.53 Å². The van der Waals surface area contributed by atoms with Gasteiger partial charge in [0, 0.05) is 9.79 Å². The number of rotatable bonds is 4. The average Bonchev–Trinajstić information content (AvgIpc) is 2.61. The smallest absolute Gasteiger partial charge is 0.309 e. The van der Waals surface area contributed by atoms with Gasteiger partial charge in [-0.1, -0.05) is 57.7 Å². The zero-order valence-corrected chi connectivity index (χ0v) is 17.2. The Hall–Kier alpha value is -1.74. The zero-order chi connectivity index (χ0) is 18.9. The summed E-state index contributed by atoms with van der Waals surface area (Å²) in [5.74, 6) is -0.204. The van der Waals surface area contributed by atoms with Crippen molar-refractivity contribution in [1.29, 1.82) is 0 Å². The zero-order valence-electron chi connectivity index (χ0n) is 16.4. The molecule has 138 valence electrons. The van der Waals surface area contributed by atoms with Crippen LogP contribution in [-0.2, 0) is 26.8 Å². The number of benzene rings is 2. The Morgan fingerprint density at radius 1 is 0.923 bits per heavy atom. The van der Waals surface area contributed by atoms with Gasteiger partial charge in [-0.15, -0.1) is 0 Å². The third-order valence-electron chi connectivity index (χ3n) is 5.56. The Morgan fingerprint density at radius 2 is 1.50 bits per heavy atom. The number of carbonyl (C=O) groups is 1. The van der Waals surface area contributed by atoms with Crippen molar-refractivity contribution in [3.8, 4) is 0 Å². The summed E-state index contributed by atoms with van der Waals surface area (Å²) >= 11 is 1.78. The van der Waals surface area contributed by atoms with Gasteiger partial charge in [-0.25, -0.2) is 0 Å². The van der Waals surface area contributed by atoms with Crippen LogP contribution in [0.2, 0.25) is 0 Å². The molecule has 26 heavy (non-hydrogen) atoms. The lowest BCUT2D eigenvalue weighted by Gasteiger charge is -2.42. The van der Waals surface area contributed by atoms with Crippen molar-refractivity contribution in [2.75, 3.05) is 7.11 Å². The quantitative estimate of drug-likeness (QED) is 0.628. The second-order valence-corrected chi connectivity index (χ2v) is 9.62. The molecule has 0 unspecified atom stereocenters. The monoisotopic (exact) mass is 368 g/mol. The van der Waals surface area contributed by atoms with Gasteiger partial charge in [-0.2, -0.15) is 0 Å². The highest BCUT2D eigenvalue weighted by Gasteiger charge is 2.36. The summed E-state index contributed by atoms with van der Waals surface area (Å²) in [7, 11) is 1.42. The number of carbonyl (C=O) groups excluding carboxylic acids is 1. The van der Waals surface area contributed by atoms with Crippen LogP contribution in [0.3, 0.4) is 0 Å². The molecule has 1 aliphatic rings. The van der Waals surface area contributed by atoms with Gasteiger partial charge in [0.05, 0.1) is 13.5 Å². The van der Waals surface area contributed by atoms with Crippen molar-refractivity contribution >= 4 is 17.7 Å². The SMILES string of the molecule is COC(=O)Cc1ccc(Sc2ccc3c(c2)C(C)(C)CCC3(C)C)cc1. The van der Waals surface area contributed by atoms with Crippen molar-refractivity contribution in [3.63, 3.8) is 0 Å². The number of hydrogen-bond acceptors (Lipinski definition) is 3. The topological polar surface area (TPSA) is 26.3 Å². The number of esters is 1. The van der Waals surface area contributed by atoms with Gasteiger partial charge in [-0.3, -0.25) is 4.79 Å². The highest BCUT2D eigenvalue weighted by Crippen LogP contribution is 2.47. The van der Waals surface area contributed by atoms with Crippen molar-refractivity contribution in [3.05, 3.63) is 59.2 Å². The summed E-state index contributed by atoms with van der Waals surface area (Å²) in [4.78, 5) is 13.8. The maximum absolute atomic E-state index is 11.4. The second kappa shape index (κ2) is 7.11. The molecule has 0 saturated carbocycles. The summed E-state index contributed by atoms with van der Waals surface area (Å²) in [6.07, 6.45) is 2.79. The summed E-state index contributed by atoms with van der Waals surface area (Å²) in [6, 6.07) is 15.1. The predicted molar refractivity (Wildman–Crippen MR) is 108 cm³/mol. The molecule has 0 amide bonds. The molecule has 0 N–H and O–H groups in total. The standard InChI is InChI=1S/C23H28O2S/c1-22(2)12-13-23(3,4)20-15-18(10-11-19(20)22)26-17-8-6-16(7-9-17)14-21(24)25-5/h6-11,15H,12-14H2,1-5H3. The molecule has 0 radical (unpaired) electrons. The highest BCUT2D eigenvalue weighted by atomic mass is 32.2. The van der Waals surface area contributed by atoms with Gasteiger partial charge in [0.15, 0.2) is 0 Å². The number of ether oxygens (including phenoxy) is 1. The third-order valence-corrected chi connectivity index (χ3v) is 6.56. The van der Waals surface area contributed by atoms with Crippen LogP contribution >= 0.6 is 11.8 Å². The van der Waals surface area contributed by atoms with E-state index in [0.29, 0.717) is 6.42 Å². The molecule has 0 saturated heterocycles. The fourth-order valence-electron chi connectivity index (χ4n) is 3.68. The molecule has 0 fully saturated rings. The van der Waals surface area contributed by atoms with E-state index in [4.69, 9.17) is 4.74 Å². The van der Waals surface area contributed by atoms with Gasteiger partial charge in [0.25, 0.3) is 0 Å². The molecule has 2 aromatic carbocycles. The minimum atomic E-state index is -0.204. The Morgan fingerprint density at radius 3 is 2.12 bits per heavy atom. The minimum Gasteiger partial charge on any atom is -0.469 e. The van der Waals surface area contributed by atoms with E-state index in [2.05, 4.69) is 58.0 Å². The van der Waals surface area contributed by atoms with Gasteiger partial charge in [0.1, 0.15) is 0 Å². The first-order valence-electron chi connectivity index (χ1n) is 9.20. The van der Waals surface area contributed by atoms with Crippen LogP contribution in [0.5, 0.6) is 0 Å². The molecule has 2 aromatic rings. The Labute approximate surface area is 161 Å². The minimum absolute atomic E-state index is 0.204. The first-order chi connectivity index (χ1) is 12.2. The molecule has 0 aliphatic heterocycles. The summed E-state index contributed by atoms with van der Waals surface area (Å²) in [6.45, 7) is 9.43. The molecule has 3 rings (SSSR count). The molecule has 0 heterocycles.